The van der Waals surface area contributed by atoms with Gasteiger partial charge in [-0.3, -0.25) is 24.8 Å². The summed E-state index contributed by atoms with van der Waals surface area (Å²) in [6, 6.07) is 0.880. The van der Waals surface area contributed by atoms with Crippen molar-refractivity contribution in [3.63, 3.8) is 0 Å². The number of carbonyl (C=O) groups is 3. The lowest BCUT2D eigenvalue weighted by Crippen LogP contribution is -2.69. The maximum absolute atomic E-state index is 13.7. The van der Waals surface area contributed by atoms with Gasteiger partial charge in [-0.15, -0.1) is 0 Å². The summed E-state index contributed by atoms with van der Waals surface area (Å²) in [5.41, 5.74) is -3.63. The number of halogens is 3. The molecule has 0 aromatic carbocycles. The first-order valence-corrected chi connectivity index (χ1v) is 7.71. The van der Waals surface area contributed by atoms with Crippen molar-refractivity contribution in [3.8, 4) is 0 Å². The highest BCUT2D eigenvalue weighted by Gasteiger charge is 2.69. The highest BCUT2D eigenvalue weighted by atomic mass is 19.4. The van der Waals surface area contributed by atoms with Gasteiger partial charge in [-0.05, 0) is 25.0 Å². The largest absolute Gasteiger partial charge is 0.440 e. The summed E-state index contributed by atoms with van der Waals surface area (Å²) in [5, 5.41) is 3.30. The van der Waals surface area contributed by atoms with E-state index in [1.165, 1.54) is 18.3 Å². The topological polar surface area (TPSA) is 91.4 Å². The van der Waals surface area contributed by atoms with E-state index >= 15 is 0 Å². The molecule has 0 radical (unpaired) electrons. The number of rotatable bonds is 3. The number of aromatic nitrogens is 1. The van der Waals surface area contributed by atoms with Crippen molar-refractivity contribution in [2.24, 2.45) is 0 Å². The Bertz CT molecular complexity index is 704. The van der Waals surface area contributed by atoms with Crippen LogP contribution in [0.5, 0.6) is 0 Å². The number of alkyl halides is 3. The molecule has 1 saturated carbocycles. The van der Waals surface area contributed by atoms with Crippen molar-refractivity contribution >= 4 is 17.8 Å². The van der Waals surface area contributed by atoms with Crippen molar-refractivity contribution in [2.75, 3.05) is 0 Å². The first-order chi connectivity index (χ1) is 11.8. The summed E-state index contributed by atoms with van der Waals surface area (Å²) >= 11 is 0. The molecule has 2 heterocycles. The van der Waals surface area contributed by atoms with Crippen LogP contribution in [-0.4, -0.2) is 45.6 Å². The van der Waals surface area contributed by atoms with E-state index in [4.69, 9.17) is 0 Å². The number of nitrogens with zero attached hydrogens (tertiary/aromatic N) is 2. The Hall–Kier alpha value is -2.65. The maximum Gasteiger partial charge on any atom is 0.440 e. The second-order valence-corrected chi connectivity index (χ2v) is 5.99. The van der Waals surface area contributed by atoms with E-state index in [-0.39, 0.29) is 5.56 Å². The first-order valence-electron chi connectivity index (χ1n) is 7.71. The van der Waals surface area contributed by atoms with Crippen molar-refractivity contribution < 1.29 is 27.6 Å². The second kappa shape index (κ2) is 6.01. The molecule has 1 atom stereocenters. The van der Waals surface area contributed by atoms with E-state index in [1.54, 1.807) is 10.6 Å². The van der Waals surface area contributed by atoms with E-state index in [9.17, 15) is 27.6 Å². The van der Waals surface area contributed by atoms with Gasteiger partial charge in [0.05, 0.1) is 5.56 Å². The average molecular weight is 356 g/mol. The third-order valence-corrected chi connectivity index (χ3v) is 4.39. The number of pyridine rings is 1. The lowest BCUT2D eigenvalue weighted by molar-refractivity contribution is -0.200. The maximum atomic E-state index is 13.7. The normalized spacial score (nSPS) is 24.5. The zero-order valence-electron chi connectivity index (χ0n) is 13.0. The third kappa shape index (κ3) is 2.81. The van der Waals surface area contributed by atoms with Crippen LogP contribution in [0.2, 0.25) is 0 Å². The Morgan fingerprint density at radius 1 is 1.32 bits per heavy atom. The first kappa shape index (κ1) is 17.2. The van der Waals surface area contributed by atoms with E-state index in [1.807, 2.05) is 0 Å². The molecule has 134 valence electrons. The van der Waals surface area contributed by atoms with Gasteiger partial charge in [0.2, 0.25) is 0 Å². The highest BCUT2D eigenvalue weighted by Crippen LogP contribution is 2.37. The molecular formula is C15H15F3N4O3. The zero-order chi connectivity index (χ0) is 18.2. The van der Waals surface area contributed by atoms with Crippen LogP contribution in [0.25, 0.3) is 0 Å². The minimum absolute atomic E-state index is 0.160. The van der Waals surface area contributed by atoms with Crippen LogP contribution in [0.4, 0.5) is 18.0 Å². The number of urea groups is 1. The lowest BCUT2D eigenvalue weighted by Gasteiger charge is -2.30. The summed E-state index contributed by atoms with van der Waals surface area (Å²) in [7, 11) is 0. The highest BCUT2D eigenvalue weighted by molar-refractivity contribution is 6.10. The molecule has 4 amide bonds. The number of nitrogens with one attached hydrogen (secondary N) is 2. The molecule has 2 fully saturated rings. The molecule has 0 spiro atoms. The van der Waals surface area contributed by atoms with Crippen LogP contribution in [0.3, 0.4) is 0 Å². The van der Waals surface area contributed by atoms with E-state index in [0.29, 0.717) is 17.7 Å². The Morgan fingerprint density at radius 2 is 2.00 bits per heavy atom. The molecular weight excluding hydrogens is 341 g/mol. The Labute approximate surface area is 140 Å². The van der Waals surface area contributed by atoms with E-state index in [0.717, 1.165) is 19.0 Å². The fourth-order valence-electron chi connectivity index (χ4n) is 3.13. The Morgan fingerprint density at radius 3 is 2.56 bits per heavy atom. The molecule has 25 heavy (non-hydrogen) atoms. The summed E-state index contributed by atoms with van der Waals surface area (Å²) in [4.78, 5) is 41.0. The summed E-state index contributed by atoms with van der Waals surface area (Å²) < 4.78 is 41.1. The molecule has 0 bridgehead atoms. The zero-order valence-corrected chi connectivity index (χ0v) is 13.0. The van der Waals surface area contributed by atoms with Gasteiger partial charge in [0.25, 0.3) is 17.5 Å². The minimum Gasteiger partial charge on any atom is -0.314 e. The van der Waals surface area contributed by atoms with Gasteiger partial charge in [-0.1, -0.05) is 12.8 Å². The quantitative estimate of drug-likeness (QED) is 0.804. The van der Waals surface area contributed by atoms with Gasteiger partial charge in [-0.25, -0.2) is 4.79 Å². The fraction of sp³-hybridized carbons (Fsp3) is 0.467. The van der Waals surface area contributed by atoms with Gasteiger partial charge in [0.15, 0.2) is 0 Å². The summed E-state index contributed by atoms with van der Waals surface area (Å²) in [6.07, 6.45) is -0.445. The fourth-order valence-corrected chi connectivity index (χ4v) is 3.13. The van der Waals surface area contributed by atoms with Crippen molar-refractivity contribution in [3.05, 3.63) is 30.1 Å². The standard InChI is InChI=1S/C15H15F3N4O3/c16-15(17,18)14(20-11(23)9-4-3-7-19-8-9)12(24)22(13(25)21-14)10-5-1-2-6-10/h3-4,7-8,10H,1-2,5-6H2,(H,20,23)(H,21,25)/t14-/m1/s1. The van der Waals surface area contributed by atoms with Crippen LogP contribution in [0.15, 0.2) is 24.5 Å². The van der Waals surface area contributed by atoms with Crippen LogP contribution in [0.1, 0.15) is 36.0 Å². The van der Waals surface area contributed by atoms with Gasteiger partial charge >= 0.3 is 12.2 Å². The van der Waals surface area contributed by atoms with Crippen molar-refractivity contribution in [2.45, 2.75) is 43.6 Å². The van der Waals surface area contributed by atoms with E-state index < -0.39 is 35.7 Å². The molecule has 2 N–H and O–H groups in total. The van der Waals surface area contributed by atoms with Crippen molar-refractivity contribution in [1.82, 2.24) is 20.5 Å². The Kier molecular flexibility index (Phi) is 4.13. The van der Waals surface area contributed by atoms with Gasteiger partial charge < -0.3 is 5.32 Å². The SMILES string of the molecule is O=C(N[C@@]1(C(F)(F)F)NC(=O)N(C2CCCC2)C1=O)c1cccnc1. The summed E-state index contributed by atoms with van der Waals surface area (Å²) in [5.74, 6) is -2.67. The number of amides is 4. The van der Waals surface area contributed by atoms with Crippen molar-refractivity contribution in [1.29, 1.82) is 0 Å². The molecule has 10 heteroatoms. The predicted molar refractivity (Wildman–Crippen MR) is 78.1 cm³/mol. The monoisotopic (exact) mass is 356 g/mol. The molecule has 0 unspecified atom stereocenters. The van der Waals surface area contributed by atoms with Gasteiger partial charge in [-0.2, -0.15) is 13.2 Å². The number of carbonyl (C=O) groups excluding carboxylic acids is 3. The van der Waals surface area contributed by atoms with Gasteiger partial charge in [0.1, 0.15) is 0 Å². The molecule has 1 aliphatic heterocycles. The molecule has 3 rings (SSSR count). The number of imide groups is 1. The van der Waals surface area contributed by atoms with Crippen LogP contribution in [0, 0.1) is 0 Å². The van der Waals surface area contributed by atoms with E-state index in [2.05, 4.69) is 4.98 Å². The molecule has 1 aromatic rings. The average Bonchev–Trinajstić information content (AvgIpc) is 3.15. The third-order valence-electron chi connectivity index (χ3n) is 4.39. The minimum atomic E-state index is -5.20. The number of hydrogen-bond acceptors (Lipinski definition) is 4. The lowest BCUT2D eigenvalue weighted by atomic mass is 10.1. The van der Waals surface area contributed by atoms with Gasteiger partial charge in [0, 0.05) is 18.4 Å². The van der Waals surface area contributed by atoms with Crippen LogP contribution in [-0.2, 0) is 4.79 Å². The molecule has 2 aliphatic rings. The smallest absolute Gasteiger partial charge is 0.314 e. The second-order valence-electron chi connectivity index (χ2n) is 5.99. The van der Waals surface area contributed by atoms with Crippen LogP contribution >= 0.6 is 0 Å². The number of hydrogen-bond donors (Lipinski definition) is 2. The molecule has 1 saturated heterocycles. The summed E-state index contributed by atoms with van der Waals surface area (Å²) in [6.45, 7) is 0. The predicted octanol–water partition coefficient (Wildman–Crippen LogP) is 1.56. The molecule has 7 nitrogen and oxygen atoms in total. The van der Waals surface area contributed by atoms with Crippen LogP contribution < -0.4 is 10.6 Å². The Balaban J connectivity index is 1.93. The molecule has 1 aromatic heterocycles. The molecule has 1 aliphatic carbocycles.